The Labute approximate surface area is 151 Å². The van der Waals surface area contributed by atoms with E-state index >= 15 is 0 Å². The van der Waals surface area contributed by atoms with E-state index in [0.717, 1.165) is 40.3 Å². The Morgan fingerprint density at radius 3 is 2.83 bits per heavy atom. The van der Waals surface area contributed by atoms with Crippen LogP contribution in [-0.4, -0.2) is 33.7 Å². The van der Waals surface area contributed by atoms with Crippen LogP contribution in [0.1, 0.15) is 37.7 Å². The summed E-state index contributed by atoms with van der Waals surface area (Å²) >= 11 is 6.98. The fourth-order valence-electron chi connectivity index (χ4n) is 3.72. The minimum absolute atomic E-state index is 0.110. The minimum atomic E-state index is -0.110. The second kappa shape index (κ2) is 6.92. The normalized spacial score (nSPS) is 23.5. The summed E-state index contributed by atoms with van der Waals surface area (Å²) in [5.41, 5.74) is 1.09. The lowest BCUT2D eigenvalue weighted by molar-refractivity contribution is -0.126. The number of carbonyl (C=O) groups is 1. The van der Waals surface area contributed by atoms with Crippen LogP contribution in [-0.2, 0) is 11.2 Å². The van der Waals surface area contributed by atoms with Gasteiger partial charge in [-0.05, 0) is 36.5 Å². The molecule has 1 saturated carbocycles. The molecule has 1 amide bonds. The van der Waals surface area contributed by atoms with Crippen molar-refractivity contribution in [3.05, 3.63) is 23.8 Å². The maximum absolute atomic E-state index is 12.7. The van der Waals surface area contributed by atoms with Crippen LogP contribution in [0.3, 0.4) is 0 Å². The first-order valence-electron chi connectivity index (χ1n) is 8.61. The molecule has 6 heteroatoms. The molecule has 128 valence electrons. The Hall–Kier alpha value is -1.27. The van der Waals surface area contributed by atoms with Crippen molar-refractivity contribution in [2.24, 2.45) is 5.92 Å². The molecule has 4 rings (SSSR count). The first kappa shape index (κ1) is 16.2. The van der Waals surface area contributed by atoms with Crippen molar-refractivity contribution in [1.29, 1.82) is 0 Å². The molecule has 1 saturated heterocycles. The standard InChI is InChI=1S/C18H21NO3S2/c20-17-16(10-13-5-6-14-15(9-13)22-11-21-14)24-18(23)19(17)8-7-12-3-1-2-4-12/h5-6,9,12,16H,1-4,7-8,10-11H2/t16-/m1/s1. The number of nitrogens with zero attached hydrogens (tertiary/aromatic N) is 1. The lowest BCUT2D eigenvalue weighted by Gasteiger charge is -2.18. The second-order valence-corrected chi connectivity index (χ2v) is 8.53. The number of thiocarbonyl (C=S) groups is 1. The molecule has 0 radical (unpaired) electrons. The molecule has 0 N–H and O–H groups in total. The molecule has 4 nitrogen and oxygen atoms in total. The van der Waals surface area contributed by atoms with Crippen molar-refractivity contribution in [1.82, 2.24) is 4.90 Å². The maximum Gasteiger partial charge on any atom is 0.241 e. The van der Waals surface area contributed by atoms with Crippen molar-refractivity contribution < 1.29 is 14.3 Å². The maximum atomic E-state index is 12.7. The molecular formula is C18H21NO3S2. The number of ether oxygens (including phenoxy) is 2. The van der Waals surface area contributed by atoms with Gasteiger partial charge in [0.1, 0.15) is 4.32 Å². The summed E-state index contributed by atoms with van der Waals surface area (Å²) < 4.78 is 11.5. The number of hydrogen-bond donors (Lipinski definition) is 0. The first-order chi connectivity index (χ1) is 11.7. The minimum Gasteiger partial charge on any atom is -0.454 e. The van der Waals surface area contributed by atoms with Gasteiger partial charge in [0.25, 0.3) is 0 Å². The van der Waals surface area contributed by atoms with Crippen molar-refractivity contribution in [2.45, 2.75) is 43.8 Å². The third-order valence-corrected chi connectivity index (χ3v) is 6.68. The number of carbonyl (C=O) groups excluding carboxylic acids is 1. The van der Waals surface area contributed by atoms with E-state index < -0.39 is 0 Å². The Morgan fingerprint density at radius 2 is 2.00 bits per heavy atom. The summed E-state index contributed by atoms with van der Waals surface area (Å²) in [5.74, 6) is 2.49. The van der Waals surface area contributed by atoms with Crippen LogP contribution < -0.4 is 9.47 Å². The summed E-state index contributed by atoms with van der Waals surface area (Å²) in [6.07, 6.45) is 7.06. The van der Waals surface area contributed by atoms with E-state index in [1.807, 2.05) is 23.1 Å². The molecule has 2 aliphatic heterocycles. The molecule has 2 heterocycles. The molecule has 24 heavy (non-hydrogen) atoms. The molecule has 1 atom stereocenters. The van der Waals surface area contributed by atoms with Crippen molar-refractivity contribution in [2.75, 3.05) is 13.3 Å². The van der Waals surface area contributed by atoms with Crippen molar-refractivity contribution >= 4 is 34.2 Å². The van der Waals surface area contributed by atoms with Gasteiger partial charge in [0, 0.05) is 6.54 Å². The number of hydrogen-bond acceptors (Lipinski definition) is 5. The zero-order chi connectivity index (χ0) is 16.5. The largest absolute Gasteiger partial charge is 0.454 e. The smallest absolute Gasteiger partial charge is 0.241 e. The molecule has 0 spiro atoms. The third-order valence-electron chi connectivity index (χ3n) is 5.10. The number of rotatable bonds is 5. The van der Waals surface area contributed by atoms with Gasteiger partial charge < -0.3 is 9.47 Å². The van der Waals surface area contributed by atoms with E-state index in [1.165, 1.54) is 37.4 Å². The highest BCUT2D eigenvalue weighted by Crippen LogP contribution is 2.36. The molecule has 1 aliphatic carbocycles. The van der Waals surface area contributed by atoms with Crippen LogP contribution in [0.25, 0.3) is 0 Å². The first-order valence-corrected chi connectivity index (χ1v) is 9.90. The summed E-state index contributed by atoms with van der Waals surface area (Å²) in [7, 11) is 0. The number of amides is 1. The molecule has 0 aromatic heterocycles. The highest BCUT2D eigenvalue weighted by molar-refractivity contribution is 8.24. The fourth-order valence-corrected chi connectivity index (χ4v) is 5.31. The van der Waals surface area contributed by atoms with Gasteiger partial charge in [-0.2, -0.15) is 0 Å². The Kier molecular flexibility index (Phi) is 4.68. The SMILES string of the molecule is O=C1[C@@H](Cc2ccc3c(c2)OCO3)SC(=S)N1CCC1CCCC1. The third kappa shape index (κ3) is 3.26. The van der Waals surface area contributed by atoms with E-state index in [1.54, 1.807) is 0 Å². The topological polar surface area (TPSA) is 38.8 Å². The van der Waals surface area contributed by atoms with Crippen LogP contribution in [0.5, 0.6) is 11.5 Å². The van der Waals surface area contributed by atoms with Gasteiger partial charge in [0.2, 0.25) is 12.7 Å². The highest BCUT2D eigenvalue weighted by Gasteiger charge is 2.37. The summed E-state index contributed by atoms with van der Waals surface area (Å²) in [6.45, 7) is 1.06. The quantitative estimate of drug-likeness (QED) is 0.745. The second-order valence-electron chi connectivity index (χ2n) is 6.69. The Bertz CT molecular complexity index is 658. The van der Waals surface area contributed by atoms with E-state index in [2.05, 4.69) is 0 Å². The zero-order valence-corrected chi connectivity index (χ0v) is 15.2. The van der Waals surface area contributed by atoms with E-state index in [-0.39, 0.29) is 18.0 Å². The number of thioether (sulfide) groups is 1. The van der Waals surface area contributed by atoms with Crippen molar-refractivity contribution in [3.63, 3.8) is 0 Å². The average molecular weight is 364 g/mol. The van der Waals surface area contributed by atoms with Crippen molar-refractivity contribution in [3.8, 4) is 11.5 Å². The van der Waals surface area contributed by atoms with Gasteiger partial charge in [-0.15, -0.1) is 0 Å². The fraction of sp³-hybridized carbons (Fsp3) is 0.556. The van der Waals surface area contributed by atoms with Crippen LogP contribution >= 0.6 is 24.0 Å². The van der Waals surface area contributed by atoms with Gasteiger partial charge in [0.05, 0.1) is 5.25 Å². The molecule has 3 aliphatic rings. The van der Waals surface area contributed by atoms with Gasteiger partial charge >= 0.3 is 0 Å². The van der Waals surface area contributed by atoms with Gasteiger partial charge in [-0.25, -0.2) is 0 Å². The van der Waals surface area contributed by atoms with E-state index in [9.17, 15) is 4.79 Å². The number of benzene rings is 1. The van der Waals surface area contributed by atoms with Crippen LogP contribution in [0.4, 0.5) is 0 Å². The zero-order valence-electron chi connectivity index (χ0n) is 13.5. The number of fused-ring (bicyclic) bond motifs is 1. The van der Waals surface area contributed by atoms with E-state index in [0.29, 0.717) is 6.42 Å². The molecular weight excluding hydrogens is 342 g/mol. The molecule has 2 fully saturated rings. The molecule has 0 bridgehead atoms. The summed E-state index contributed by atoms with van der Waals surface area (Å²) in [6, 6.07) is 5.89. The predicted molar refractivity (Wildman–Crippen MR) is 98.5 cm³/mol. The monoisotopic (exact) mass is 363 g/mol. The lowest BCUT2D eigenvalue weighted by Crippen LogP contribution is -2.33. The van der Waals surface area contributed by atoms with Gasteiger partial charge in [0.15, 0.2) is 11.5 Å². The Morgan fingerprint density at radius 1 is 1.21 bits per heavy atom. The van der Waals surface area contributed by atoms with Gasteiger partial charge in [-0.3, -0.25) is 9.69 Å². The van der Waals surface area contributed by atoms with Crippen LogP contribution in [0, 0.1) is 5.92 Å². The predicted octanol–water partition coefficient (Wildman–Crippen LogP) is 3.77. The summed E-state index contributed by atoms with van der Waals surface area (Å²) in [5, 5.41) is -0.110. The molecule has 1 aromatic carbocycles. The lowest BCUT2D eigenvalue weighted by atomic mass is 10.0. The average Bonchev–Trinajstić information content (AvgIpc) is 3.29. The van der Waals surface area contributed by atoms with Gasteiger partial charge in [-0.1, -0.05) is 55.7 Å². The highest BCUT2D eigenvalue weighted by atomic mass is 32.2. The molecule has 0 unspecified atom stereocenters. The van der Waals surface area contributed by atoms with E-state index in [4.69, 9.17) is 21.7 Å². The van der Waals surface area contributed by atoms with Crippen LogP contribution in [0.2, 0.25) is 0 Å². The Balaban J connectivity index is 1.37. The van der Waals surface area contributed by atoms with Crippen LogP contribution in [0.15, 0.2) is 18.2 Å². The summed E-state index contributed by atoms with van der Waals surface area (Å²) in [4.78, 5) is 14.5. The molecule has 1 aromatic rings.